The van der Waals surface area contributed by atoms with E-state index in [4.69, 9.17) is 4.74 Å². The summed E-state index contributed by atoms with van der Waals surface area (Å²) >= 11 is 1.31. The number of esters is 1. The van der Waals surface area contributed by atoms with Crippen molar-refractivity contribution >= 4 is 40.1 Å². The Kier molecular flexibility index (Phi) is 4.79. The van der Waals surface area contributed by atoms with Crippen molar-refractivity contribution in [2.75, 3.05) is 24.6 Å². The van der Waals surface area contributed by atoms with Gasteiger partial charge in [0.2, 0.25) is 5.43 Å². The zero-order valence-corrected chi connectivity index (χ0v) is 16.6. The number of aromatic nitrogens is 3. The van der Waals surface area contributed by atoms with E-state index in [1.54, 1.807) is 31.5 Å². The summed E-state index contributed by atoms with van der Waals surface area (Å²) in [5.74, 6) is -1.12. The van der Waals surface area contributed by atoms with Crippen LogP contribution in [0.15, 0.2) is 28.6 Å². The van der Waals surface area contributed by atoms with Crippen molar-refractivity contribution in [2.45, 2.75) is 13.8 Å². The van der Waals surface area contributed by atoms with E-state index in [1.165, 1.54) is 22.1 Å². The molecule has 29 heavy (non-hydrogen) atoms. The van der Waals surface area contributed by atoms with E-state index in [1.807, 2.05) is 4.90 Å². The number of aryl methyl sites for hydroxylation is 1. The normalized spacial score (nSPS) is 14.1. The van der Waals surface area contributed by atoms with Crippen LogP contribution in [0.25, 0.3) is 16.2 Å². The maximum Gasteiger partial charge on any atom is 0.341 e. The smallest absolute Gasteiger partial charge is 0.341 e. The van der Waals surface area contributed by atoms with Crippen molar-refractivity contribution in [3.8, 4) is 5.13 Å². The number of carboxylic acid groups (broad SMARTS) is 1. The van der Waals surface area contributed by atoms with Crippen LogP contribution in [0, 0.1) is 12.8 Å². The molecule has 3 aromatic heterocycles. The standard InChI is InChI=1S/C19H18N4O5S/c1-3-28-18(27)11-7-22(8-11)13-6-10(2)14-15(24)12(17(25)26)9-23(16(14)21-13)19-20-4-5-29-19/h4-6,9,11H,3,7-8H2,1-2H3,(H,25,26). The van der Waals surface area contributed by atoms with Crippen LogP contribution in [0.4, 0.5) is 5.82 Å². The zero-order valence-electron chi connectivity index (χ0n) is 15.8. The highest BCUT2D eigenvalue weighted by Gasteiger charge is 2.35. The van der Waals surface area contributed by atoms with Crippen LogP contribution >= 0.6 is 11.3 Å². The first kappa shape index (κ1) is 19.1. The fraction of sp³-hybridized carbons (Fsp3) is 0.316. The molecule has 0 radical (unpaired) electrons. The van der Waals surface area contributed by atoms with E-state index in [2.05, 4.69) is 9.97 Å². The molecule has 1 saturated heterocycles. The number of thiazole rings is 1. The Bertz CT molecular complexity index is 1170. The molecule has 0 saturated carbocycles. The third-order valence-electron chi connectivity index (χ3n) is 4.82. The van der Waals surface area contributed by atoms with Gasteiger partial charge in [0.05, 0.1) is 17.9 Å². The molecular weight excluding hydrogens is 396 g/mol. The van der Waals surface area contributed by atoms with Crippen LogP contribution < -0.4 is 10.3 Å². The lowest BCUT2D eigenvalue weighted by Gasteiger charge is -2.38. The molecular formula is C19H18N4O5S. The molecule has 0 spiro atoms. The Hall–Kier alpha value is -3.27. The van der Waals surface area contributed by atoms with Gasteiger partial charge in [-0.25, -0.2) is 14.8 Å². The number of carbonyl (C=O) groups excluding carboxylic acids is 1. The van der Waals surface area contributed by atoms with E-state index >= 15 is 0 Å². The van der Waals surface area contributed by atoms with E-state index < -0.39 is 11.4 Å². The number of pyridine rings is 2. The number of fused-ring (bicyclic) bond motifs is 1. The molecule has 3 aromatic rings. The lowest BCUT2D eigenvalue weighted by Crippen LogP contribution is -2.51. The van der Waals surface area contributed by atoms with Crippen molar-refractivity contribution in [3.05, 3.63) is 45.2 Å². The third-order valence-corrected chi connectivity index (χ3v) is 5.59. The maximum atomic E-state index is 12.8. The van der Waals surface area contributed by atoms with E-state index in [0.29, 0.717) is 41.9 Å². The van der Waals surface area contributed by atoms with Gasteiger partial charge in [-0.1, -0.05) is 0 Å². The largest absolute Gasteiger partial charge is 0.477 e. The average Bonchev–Trinajstić information content (AvgIpc) is 3.14. The van der Waals surface area contributed by atoms with Gasteiger partial charge in [-0.05, 0) is 25.5 Å². The van der Waals surface area contributed by atoms with Crippen molar-refractivity contribution in [3.63, 3.8) is 0 Å². The fourth-order valence-corrected chi connectivity index (χ4v) is 3.97. The number of aromatic carboxylic acids is 1. The van der Waals surface area contributed by atoms with Crippen molar-refractivity contribution in [1.29, 1.82) is 0 Å². The summed E-state index contributed by atoms with van der Waals surface area (Å²) in [6, 6.07) is 1.74. The van der Waals surface area contributed by atoms with Gasteiger partial charge in [0.1, 0.15) is 11.4 Å². The molecule has 1 N–H and O–H groups in total. The van der Waals surface area contributed by atoms with Gasteiger partial charge < -0.3 is 14.7 Å². The zero-order chi connectivity index (χ0) is 20.7. The lowest BCUT2D eigenvalue weighted by molar-refractivity contribution is -0.148. The van der Waals surface area contributed by atoms with Gasteiger partial charge in [-0.2, -0.15) is 0 Å². The summed E-state index contributed by atoms with van der Waals surface area (Å²) in [6.07, 6.45) is 2.86. The van der Waals surface area contributed by atoms with Crippen LogP contribution in [0.5, 0.6) is 0 Å². The van der Waals surface area contributed by atoms with Crippen molar-refractivity contribution in [1.82, 2.24) is 14.5 Å². The van der Waals surface area contributed by atoms with Crippen LogP contribution in [-0.4, -0.2) is 51.3 Å². The molecule has 1 fully saturated rings. The van der Waals surface area contributed by atoms with Gasteiger partial charge in [-0.15, -0.1) is 11.3 Å². The highest BCUT2D eigenvalue weighted by atomic mass is 32.1. The van der Waals surface area contributed by atoms with Crippen molar-refractivity contribution in [2.24, 2.45) is 5.92 Å². The molecule has 1 aliphatic rings. The van der Waals surface area contributed by atoms with Gasteiger partial charge >= 0.3 is 11.9 Å². The number of ether oxygens (including phenoxy) is 1. The summed E-state index contributed by atoms with van der Waals surface area (Å²) in [4.78, 5) is 47.0. The monoisotopic (exact) mass is 414 g/mol. The number of hydrogen-bond donors (Lipinski definition) is 1. The lowest BCUT2D eigenvalue weighted by atomic mass is 10.00. The van der Waals surface area contributed by atoms with Gasteiger partial charge in [0.15, 0.2) is 10.8 Å². The summed E-state index contributed by atoms with van der Waals surface area (Å²) in [7, 11) is 0. The minimum absolute atomic E-state index is 0.205. The molecule has 150 valence electrons. The Balaban J connectivity index is 1.82. The summed E-state index contributed by atoms with van der Waals surface area (Å²) < 4.78 is 6.58. The number of nitrogens with zero attached hydrogens (tertiary/aromatic N) is 4. The molecule has 0 aliphatic carbocycles. The summed E-state index contributed by atoms with van der Waals surface area (Å²) in [5.41, 5.74) is 0.0362. The molecule has 0 unspecified atom stereocenters. The number of carbonyl (C=O) groups is 2. The van der Waals surface area contributed by atoms with Crippen LogP contribution in [0.1, 0.15) is 22.8 Å². The first-order chi connectivity index (χ1) is 13.9. The molecule has 0 aromatic carbocycles. The average molecular weight is 414 g/mol. The van der Waals surface area contributed by atoms with E-state index in [0.717, 1.165) is 0 Å². The van der Waals surface area contributed by atoms with Gasteiger partial charge in [0.25, 0.3) is 0 Å². The Morgan fingerprint density at radius 2 is 2.14 bits per heavy atom. The molecule has 4 rings (SSSR count). The van der Waals surface area contributed by atoms with Crippen LogP contribution in [0.3, 0.4) is 0 Å². The predicted molar refractivity (Wildman–Crippen MR) is 107 cm³/mol. The first-order valence-electron chi connectivity index (χ1n) is 9.02. The minimum Gasteiger partial charge on any atom is -0.477 e. The molecule has 9 nitrogen and oxygen atoms in total. The number of anilines is 1. The van der Waals surface area contributed by atoms with E-state index in [-0.39, 0.29) is 22.8 Å². The van der Waals surface area contributed by atoms with Gasteiger partial charge in [-0.3, -0.25) is 14.2 Å². The topological polar surface area (TPSA) is 115 Å². The second-order valence-corrected chi connectivity index (χ2v) is 7.58. The maximum absolute atomic E-state index is 12.8. The number of carboxylic acids is 1. The third kappa shape index (κ3) is 3.25. The second kappa shape index (κ2) is 7.28. The quantitative estimate of drug-likeness (QED) is 0.629. The van der Waals surface area contributed by atoms with E-state index in [9.17, 15) is 19.5 Å². The highest BCUT2D eigenvalue weighted by molar-refractivity contribution is 7.12. The molecule has 0 amide bonds. The number of rotatable bonds is 5. The van der Waals surface area contributed by atoms with Crippen LogP contribution in [0.2, 0.25) is 0 Å². The second-order valence-electron chi connectivity index (χ2n) is 6.71. The van der Waals surface area contributed by atoms with Crippen LogP contribution in [-0.2, 0) is 9.53 Å². The molecule has 10 heteroatoms. The summed E-state index contributed by atoms with van der Waals surface area (Å²) in [6.45, 7) is 4.81. The molecule has 4 heterocycles. The Labute approximate surface area is 169 Å². The van der Waals surface area contributed by atoms with Gasteiger partial charge in [0, 0.05) is 30.9 Å². The molecule has 0 bridgehead atoms. The minimum atomic E-state index is -1.30. The Morgan fingerprint density at radius 1 is 1.38 bits per heavy atom. The fourth-order valence-electron chi connectivity index (χ4n) is 3.35. The predicted octanol–water partition coefficient (Wildman–Crippen LogP) is 1.85. The SMILES string of the molecule is CCOC(=O)C1CN(c2cc(C)c3c(=O)c(C(=O)O)cn(-c4nccs4)c3n2)C1. The first-order valence-corrected chi connectivity index (χ1v) is 9.90. The number of hydrogen-bond acceptors (Lipinski definition) is 8. The summed E-state index contributed by atoms with van der Waals surface area (Å²) in [5, 5.41) is 12.0. The van der Waals surface area contributed by atoms with Crippen molar-refractivity contribution < 1.29 is 19.4 Å². The molecule has 0 atom stereocenters. The molecule has 1 aliphatic heterocycles. The highest BCUT2D eigenvalue weighted by Crippen LogP contribution is 2.28. The Morgan fingerprint density at radius 3 is 2.76 bits per heavy atom.